The number of carboxylic acids is 1. The fourth-order valence-electron chi connectivity index (χ4n) is 1.63. The van der Waals surface area contributed by atoms with Crippen molar-refractivity contribution in [3.05, 3.63) is 24.5 Å². The topological polar surface area (TPSA) is 53.4 Å². The lowest BCUT2D eigenvalue weighted by Crippen LogP contribution is -2.39. The highest BCUT2D eigenvalue weighted by Crippen LogP contribution is 2.18. The van der Waals surface area contributed by atoms with E-state index in [0.29, 0.717) is 12.3 Å². The van der Waals surface area contributed by atoms with Crippen LogP contribution in [0.15, 0.2) is 24.5 Å². The van der Waals surface area contributed by atoms with Crippen LogP contribution in [-0.2, 0) is 4.79 Å². The van der Waals surface area contributed by atoms with Crippen LogP contribution in [0.4, 0.5) is 5.69 Å². The van der Waals surface area contributed by atoms with Gasteiger partial charge in [0.25, 0.3) is 0 Å². The predicted molar refractivity (Wildman–Crippen MR) is 63.5 cm³/mol. The Morgan fingerprint density at radius 2 is 2.00 bits per heavy atom. The van der Waals surface area contributed by atoms with Gasteiger partial charge >= 0.3 is 5.97 Å². The molecule has 0 aliphatic carbocycles. The SMILES string of the molecule is CC(C)CC(C(=O)O)N(C)c1ccncc1. The maximum absolute atomic E-state index is 11.2. The smallest absolute Gasteiger partial charge is 0.326 e. The number of nitrogens with zero attached hydrogens (tertiary/aromatic N) is 2. The van der Waals surface area contributed by atoms with Gasteiger partial charge in [0.2, 0.25) is 0 Å². The monoisotopic (exact) mass is 222 g/mol. The van der Waals surface area contributed by atoms with Gasteiger partial charge in [0, 0.05) is 25.1 Å². The predicted octanol–water partition coefficient (Wildman–Crippen LogP) is 2.02. The number of likely N-dealkylation sites (N-methyl/N-ethyl adjacent to an activating group) is 1. The van der Waals surface area contributed by atoms with E-state index in [1.165, 1.54) is 0 Å². The highest BCUT2D eigenvalue weighted by Gasteiger charge is 2.23. The maximum atomic E-state index is 11.2. The molecule has 0 aromatic carbocycles. The fourth-order valence-corrected chi connectivity index (χ4v) is 1.63. The normalized spacial score (nSPS) is 12.5. The second-order valence-electron chi connectivity index (χ2n) is 4.30. The molecular weight excluding hydrogens is 204 g/mol. The van der Waals surface area contributed by atoms with Crippen molar-refractivity contribution in [2.75, 3.05) is 11.9 Å². The van der Waals surface area contributed by atoms with Gasteiger partial charge in [-0.1, -0.05) is 13.8 Å². The third kappa shape index (κ3) is 3.22. The Morgan fingerprint density at radius 3 is 2.44 bits per heavy atom. The van der Waals surface area contributed by atoms with Crippen LogP contribution in [0.5, 0.6) is 0 Å². The highest BCUT2D eigenvalue weighted by atomic mass is 16.4. The molecule has 0 aliphatic rings. The summed E-state index contributed by atoms with van der Waals surface area (Å²) in [6.45, 7) is 4.05. The second-order valence-corrected chi connectivity index (χ2v) is 4.30. The number of hydrogen-bond acceptors (Lipinski definition) is 3. The Bertz CT molecular complexity index is 338. The molecule has 1 unspecified atom stereocenters. The van der Waals surface area contributed by atoms with Gasteiger partial charge in [0.15, 0.2) is 0 Å². The molecule has 0 radical (unpaired) electrons. The van der Waals surface area contributed by atoms with E-state index < -0.39 is 12.0 Å². The first-order valence-electron chi connectivity index (χ1n) is 5.38. The zero-order valence-corrected chi connectivity index (χ0v) is 9.92. The van der Waals surface area contributed by atoms with E-state index in [0.717, 1.165) is 5.69 Å². The molecule has 1 aromatic rings. The van der Waals surface area contributed by atoms with Gasteiger partial charge in [-0.25, -0.2) is 4.79 Å². The molecule has 1 heterocycles. The zero-order chi connectivity index (χ0) is 12.1. The minimum absolute atomic E-state index is 0.352. The lowest BCUT2D eigenvalue weighted by atomic mass is 10.0. The van der Waals surface area contributed by atoms with Crippen LogP contribution in [0, 0.1) is 5.92 Å². The summed E-state index contributed by atoms with van der Waals surface area (Å²) in [7, 11) is 1.80. The second kappa shape index (κ2) is 5.49. The Labute approximate surface area is 95.9 Å². The van der Waals surface area contributed by atoms with E-state index >= 15 is 0 Å². The van der Waals surface area contributed by atoms with Crippen LogP contribution in [-0.4, -0.2) is 29.1 Å². The molecule has 16 heavy (non-hydrogen) atoms. The number of carbonyl (C=O) groups is 1. The first-order chi connectivity index (χ1) is 7.52. The molecule has 0 aliphatic heterocycles. The number of carboxylic acid groups (broad SMARTS) is 1. The van der Waals surface area contributed by atoms with Crippen LogP contribution in [0.1, 0.15) is 20.3 Å². The highest BCUT2D eigenvalue weighted by molar-refractivity contribution is 5.77. The number of pyridine rings is 1. The zero-order valence-electron chi connectivity index (χ0n) is 9.92. The number of hydrogen-bond donors (Lipinski definition) is 1. The van der Waals surface area contributed by atoms with E-state index in [2.05, 4.69) is 4.98 Å². The Balaban J connectivity index is 2.83. The third-order valence-corrected chi connectivity index (χ3v) is 2.52. The van der Waals surface area contributed by atoms with Crippen molar-refractivity contribution in [2.24, 2.45) is 5.92 Å². The molecule has 0 amide bonds. The number of aromatic nitrogens is 1. The number of rotatable bonds is 5. The van der Waals surface area contributed by atoms with Crippen molar-refractivity contribution in [2.45, 2.75) is 26.3 Å². The molecule has 1 aromatic heterocycles. The van der Waals surface area contributed by atoms with Crippen LogP contribution in [0.3, 0.4) is 0 Å². The summed E-state index contributed by atoms with van der Waals surface area (Å²) in [5.74, 6) is -0.432. The van der Waals surface area contributed by atoms with Crippen molar-refractivity contribution < 1.29 is 9.90 Å². The van der Waals surface area contributed by atoms with E-state index in [1.54, 1.807) is 24.3 Å². The molecule has 0 saturated heterocycles. The van der Waals surface area contributed by atoms with Crippen LogP contribution < -0.4 is 4.90 Å². The van der Waals surface area contributed by atoms with Gasteiger partial charge in [-0.3, -0.25) is 4.98 Å². The fraction of sp³-hybridized carbons (Fsp3) is 0.500. The van der Waals surface area contributed by atoms with Crippen LogP contribution >= 0.6 is 0 Å². The molecule has 4 nitrogen and oxygen atoms in total. The van der Waals surface area contributed by atoms with Gasteiger partial charge in [-0.2, -0.15) is 0 Å². The molecule has 1 N–H and O–H groups in total. The number of aliphatic carboxylic acids is 1. The lowest BCUT2D eigenvalue weighted by molar-refractivity contribution is -0.138. The van der Waals surface area contributed by atoms with Crippen LogP contribution in [0.25, 0.3) is 0 Å². The Kier molecular flexibility index (Phi) is 4.28. The molecule has 1 atom stereocenters. The molecule has 88 valence electrons. The summed E-state index contributed by atoms with van der Waals surface area (Å²) < 4.78 is 0. The quantitative estimate of drug-likeness (QED) is 0.828. The van der Waals surface area contributed by atoms with Crippen molar-refractivity contribution in [3.63, 3.8) is 0 Å². The summed E-state index contributed by atoms with van der Waals surface area (Å²) >= 11 is 0. The van der Waals surface area contributed by atoms with E-state index in [-0.39, 0.29) is 0 Å². The van der Waals surface area contributed by atoms with Gasteiger partial charge in [-0.15, -0.1) is 0 Å². The Morgan fingerprint density at radius 1 is 1.44 bits per heavy atom. The first-order valence-corrected chi connectivity index (χ1v) is 5.38. The standard InChI is InChI=1S/C12H18N2O2/c1-9(2)8-11(12(15)16)14(3)10-4-6-13-7-5-10/h4-7,9,11H,8H2,1-3H3,(H,15,16). The summed E-state index contributed by atoms with van der Waals surface area (Å²) in [4.78, 5) is 16.9. The summed E-state index contributed by atoms with van der Waals surface area (Å²) in [6, 6.07) is 3.15. The van der Waals surface area contributed by atoms with Crippen molar-refractivity contribution in [1.29, 1.82) is 0 Å². The van der Waals surface area contributed by atoms with Gasteiger partial charge in [0.05, 0.1) is 0 Å². The Hall–Kier alpha value is -1.58. The largest absolute Gasteiger partial charge is 0.480 e. The van der Waals surface area contributed by atoms with Crippen LogP contribution in [0.2, 0.25) is 0 Å². The molecule has 0 spiro atoms. The van der Waals surface area contributed by atoms with E-state index in [9.17, 15) is 9.90 Å². The average molecular weight is 222 g/mol. The molecule has 4 heteroatoms. The minimum atomic E-state index is -0.784. The van der Waals surface area contributed by atoms with Gasteiger partial charge in [-0.05, 0) is 24.5 Å². The van der Waals surface area contributed by atoms with Crippen molar-refractivity contribution in [3.8, 4) is 0 Å². The van der Waals surface area contributed by atoms with Gasteiger partial charge in [0.1, 0.15) is 6.04 Å². The summed E-state index contributed by atoms with van der Waals surface area (Å²) in [6.07, 6.45) is 3.97. The van der Waals surface area contributed by atoms with Gasteiger partial charge < -0.3 is 10.0 Å². The molecule has 1 rings (SSSR count). The lowest BCUT2D eigenvalue weighted by Gasteiger charge is -2.27. The molecular formula is C12H18N2O2. The molecule has 0 bridgehead atoms. The number of anilines is 1. The average Bonchev–Trinajstić information content (AvgIpc) is 2.25. The minimum Gasteiger partial charge on any atom is -0.480 e. The van der Waals surface area contributed by atoms with E-state index in [1.807, 2.05) is 26.0 Å². The van der Waals surface area contributed by atoms with Crippen molar-refractivity contribution >= 4 is 11.7 Å². The van der Waals surface area contributed by atoms with E-state index in [4.69, 9.17) is 0 Å². The molecule has 0 saturated carbocycles. The van der Waals surface area contributed by atoms with Crippen molar-refractivity contribution in [1.82, 2.24) is 4.98 Å². The summed E-state index contributed by atoms with van der Waals surface area (Å²) in [5, 5.41) is 9.20. The maximum Gasteiger partial charge on any atom is 0.326 e. The third-order valence-electron chi connectivity index (χ3n) is 2.52. The first kappa shape index (κ1) is 12.5. The summed E-state index contributed by atoms with van der Waals surface area (Å²) in [5.41, 5.74) is 0.878. The molecule has 0 fully saturated rings.